The summed E-state index contributed by atoms with van der Waals surface area (Å²) in [6.07, 6.45) is 1.85. The Morgan fingerprint density at radius 2 is 2.06 bits per heavy atom. The molecule has 16 heavy (non-hydrogen) atoms. The van der Waals surface area contributed by atoms with Gasteiger partial charge in [-0.05, 0) is 25.2 Å². The molecular formula is C11H16N4O. The normalized spacial score (nSPS) is 9.19. The average molecular weight is 220 g/mol. The van der Waals surface area contributed by atoms with Gasteiger partial charge in [-0.1, -0.05) is 6.07 Å². The van der Waals surface area contributed by atoms with Crippen molar-refractivity contribution in [2.75, 3.05) is 19.4 Å². The number of amides is 2. The zero-order chi connectivity index (χ0) is 12.0. The summed E-state index contributed by atoms with van der Waals surface area (Å²) in [7, 11) is 3.09. The molecule has 0 radical (unpaired) electrons. The summed E-state index contributed by atoms with van der Waals surface area (Å²) in [5.74, 6) is 0. The Kier molecular flexibility index (Phi) is 4.35. The molecule has 5 nitrogen and oxygen atoms in total. The van der Waals surface area contributed by atoms with Crippen molar-refractivity contribution < 1.29 is 4.79 Å². The standard InChI is InChI=1S/C10H11N3O.CH5N/c1-11-10(14)13-9-4-2-3-8-7(9)5-6-12-8;1-2/h2-6,12H,1H3,(H2,11,13,14);2H2,1H3. The number of nitrogens with one attached hydrogen (secondary N) is 3. The lowest BCUT2D eigenvalue weighted by atomic mass is 10.2. The van der Waals surface area contributed by atoms with E-state index in [9.17, 15) is 4.79 Å². The SMILES string of the molecule is CN.CNC(=O)Nc1cccc2[nH]ccc12. The molecule has 0 bridgehead atoms. The first kappa shape index (κ1) is 12.1. The smallest absolute Gasteiger partial charge is 0.318 e. The molecule has 86 valence electrons. The van der Waals surface area contributed by atoms with E-state index in [-0.39, 0.29) is 6.03 Å². The Morgan fingerprint density at radius 1 is 1.31 bits per heavy atom. The number of H-pyrrole nitrogens is 1. The van der Waals surface area contributed by atoms with E-state index < -0.39 is 0 Å². The van der Waals surface area contributed by atoms with Crippen molar-refractivity contribution in [2.45, 2.75) is 0 Å². The van der Waals surface area contributed by atoms with E-state index in [2.05, 4.69) is 21.4 Å². The number of carbonyl (C=O) groups excluding carboxylic acids is 1. The molecule has 1 aromatic carbocycles. The van der Waals surface area contributed by atoms with E-state index in [1.165, 1.54) is 7.05 Å². The van der Waals surface area contributed by atoms with Crippen LogP contribution in [0.15, 0.2) is 30.5 Å². The monoisotopic (exact) mass is 220 g/mol. The van der Waals surface area contributed by atoms with Crippen LogP contribution < -0.4 is 16.4 Å². The van der Waals surface area contributed by atoms with Crippen molar-refractivity contribution in [1.29, 1.82) is 0 Å². The Hall–Kier alpha value is -2.01. The second-order valence-corrected chi connectivity index (χ2v) is 2.95. The van der Waals surface area contributed by atoms with E-state index >= 15 is 0 Å². The van der Waals surface area contributed by atoms with Gasteiger partial charge in [0.1, 0.15) is 0 Å². The maximum absolute atomic E-state index is 11.1. The highest BCUT2D eigenvalue weighted by Crippen LogP contribution is 2.21. The van der Waals surface area contributed by atoms with Crippen LogP contribution in [0.1, 0.15) is 0 Å². The van der Waals surface area contributed by atoms with Gasteiger partial charge in [0.05, 0.1) is 5.69 Å². The second-order valence-electron chi connectivity index (χ2n) is 2.95. The van der Waals surface area contributed by atoms with Gasteiger partial charge in [-0.15, -0.1) is 0 Å². The van der Waals surface area contributed by atoms with Gasteiger partial charge in [0.25, 0.3) is 0 Å². The first-order valence-corrected chi connectivity index (χ1v) is 4.94. The minimum absolute atomic E-state index is 0.210. The molecule has 0 unspecified atom stereocenters. The molecule has 0 atom stereocenters. The Balaban J connectivity index is 0.000000606. The predicted molar refractivity (Wildman–Crippen MR) is 66.5 cm³/mol. The first-order chi connectivity index (χ1) is 7.81. The summed E-state index contributed by atoms with van der Waals surface area (Å²) in [5, 5.41) is 6.27. The maximum atomic E-state index is 11.1. The van der Waals surface area contributed by atoms with E-state index in [0.29, 0.717) is 0 Å². The van der Waals surface area contributed by atoms with Crippen LogP contribution in [-0.4, -0.2) is 25.1 Å². The minimum Gasteiger partial charge on any atom is -0.361 e. The van der Waals surface area contributed by atoms with Gasteiger partial charge in [-0.3, -0.25) is 0 Å². The van der Waals surface area contributed by atoms with Crippen LogP contribution in [-0.2, 0) is 0 Å². The lowest BCUT2D eigenvalue weighted by Crippen LogP contribution is -2.24. The van der Waals surface area contributed by atoms with Crippen LogP contribution >= 0.6 is 0 Å². The van der Waals surface area contributed by atoms with E-state index in [1.807, 2.05) is 30.5 Å². The molecule has 2 aromatic rings. The van der Waals surface area contributed by atoms with Crippen LogP contribution in [0.3, 0.4) is 0 Å². The first-order valence-electron chi connectivity index (χ1n) is 4.94. The summed E-state index contributed by atoms with van der Waals surface area (Å²) in [5.41, 5.74) is 6.32. The lowest BCUT2D eigenvalue weighted by Gasteiger charge is -2.04. The number of benzene rings is 1. The van der Waals surface area contributed by atoms with Crippen LogP contribution in [0.4, 0.5) is 10.5 Å². The van der Waals surface area contributed by atoms with E-state index in [4.69, 9.17) is 0 Å². The highest BCUT2D eigenvalue weighted by atomic mass is 16.2. The number of aromatic nitrogens is 1. The molecule has 0 aliphatic rings. The van der Waals surface area contributed by atoms with Crippen molar-refractivity contribution in [1.82, 2.24) is 10.3 Å². The van der Waals surface area contributed by atoms with Gasteiger partial charge < -0.3 is 21.4 Å². The molecule has 0 saturated heterocycles. The van der Waals surface area contributed by atoms with Crippen LogP contribution in [0.2, 0.25) is 0 Å². The molecule has 5 N–H and O–H groups in total. The van der Waals surface area contributed by atoms with Gasteiger partial charge in [-0.25, -0.2) is 4.79 Å². The third kappa shape index (κ3) is 2.52. The van der Waals surface area contributed by atoms with Gasteiger partial charge in [0, 0.05) is 24.1 Å². The van der Waals surface area contributed by atoms with Crippen molar-refractivity contribution in [3.63, 3.8) is 0 Å². The number of anilines is 1. The van der Waals surface area contributed by atoms with Crippen molar-refractivity contribution in [3.8, 4) is 0 Å². The number of hydrogen-bond acceptors (Lipinski definition) is 2. The van der Waals surface area contributed by atoms with E-state index in [0.717, 1.165) is 16.6 Å². The molecule has 0 aliphatic carbocycles. The van der Waals surface area contributed by atoms with Gasteiger partial charge in [0.15, 0.2) is 0 Å². The number of aromatic amines is 1. The average Bonchev–Trinajstić information content (AvgIpc) is 2.81. The van der Waals surface area contributed by atoms with Gasteiger partial charge in [0.2, 0.25) is 0 Å². The fraction of sp³-hybridized carbons (Fsp3) is 0.182. The predicted octanol–water partition coefficient (Wildman–Crippen LogP) is 1.49. The number of nitrogens with two attached hydrogens (primary N) is 1. The molecule has 2 amide bonds. The Bertz CT molecular complexity index is 464. The number of urea groups is 1. The molecule has 5 heteroatoms. The molecule has 1 aromatic heterocycles. The summed E-state index contributed by atoms with van der Waals surface area (Å²) in [6.45, 7) is 0. The summed E-state index contributed by atoms with van der Waals surface area (Å²) >= 11 is 0. The number of fused-ring (bicyclic) bond motifs is 1. The molecule has 0 saturated carbocycles. The molecule has 0 fully saturated rings. The third-order valence-corrected chi connectivity index (χ3v) is 2.07. The topological polar surface area (TPSA) is 82.9 Å². The Labute approximate surface area is 94.0 Å². The lowest BCUT2D eigenvalue weighted by molar-refractivity contribution is 0.254. The maximum Gasteiger partial charge on any atom is 0.318 e. The number of hydrogen-bond donors (Lipinski definition) is 4. The summed E-state index contributed by atoms with van der Waals surface area (Å²) < 4.78 is 0. The van der Waals surface area contributed by atoms with Gasteiger partial charge in [-0.2, -0.15) is 0 Å². The summed E-state index contributed by atoms with van der Waals surface area (Å²) in [6, 6.07) is 7.44. The van der Waals surface area contributed by atoms with Crippen molar-refractivity contribution in [3.05, 3.63) is 30.5 Å². The fourth-order valence-corrected chi connectivity index (χ4v) is 1.38. The zero-order valence-corrected chi connectivity index (χ0v) is 9.37. The number of rotatable bonds is 1. The third-order valence-electron chi connectivity index (χ3n) is 2.07. The van der Waals surface area contributed by atoms with Crippen LogP contribution in [0, 0.1) is 0 Å². The Morgan fingerprint density at radius 3 is 2.75 bits per heavy atom. The molecule has 2 rings (SSSR count). The van der Waals surface area contributed by atoms with Crippen LogP contribution in [0.25, 0.3) is 10.9 Å². The highest BCUT2D eigenvalue weighted by Gasteiger charge is 2.03. The second kappa shape index (κ2) is 5.77. The molecule has 0 spiro atoms. The quantitative estimate of drug-likeness (QED) is 0.587. The molecule has 1 heterocycles. The van der Waals surface area contributed by atoms with Crippen molar-refractivity contribution in [2.24, 2.45) is 5.73 Å². The minimum atomic E-state index is -0.210. The fourth-order valence-electron chi connectivity index (χ4n) is 1.38. The molecular weight excluding hydrogens is 204 g/mol. The highest BCUT2D eigenvalue weighted by molar-refractivity contribution is 6.00. The van der Waals surface area contributed by atoms with E-state index in [1.54, 1.807) is 7.05 Å². The van der Waals surface area contributed by atoms with Gasteiger partial charge >= 0.3 is 6.03 Å². The molecule has 0 aliphatic heterocycles. The summed E-state index contributed by atoms with van der Waals surface area (Å²) in [4.78, 5) is 14.2. The zero-order valence-electron chi connectivity index (χ0n) is 9.37. The number of carbonyl (C=O) groups is 1. The van der Waals surface area contributed by atoms with Crippen molar-refractivity contribution >= 4 is 22.6 Å². The largest absolute Gasteiger partial charge is 0.361 e. The van der Waals surface area contributed by atoms with Crippen LogP contribution in [0.5, 0.6) is 0 Å².